The number of anilines is 1. The average molecular weight is 458 g/mol. The van der Waals surface area contributed by atoms with Gasteiger partial charge in [-0.15, -0.1) is 0 Å². The molecular formula is C20H16ClF4N3O3. The third kappa shape index (κ3) is 4.58. The average Bonchev–Trinajstić information content (AvgIpc) is 2.67. The number of carboxylic acids is 1. The van der Waals surface area contributed by atoms with E-state index in [2.05, 4.69) is 10.6 Å². The van der Waals surface area contributed by atoms with Gasteiger partial charge in [-0.25, -0.2) is 4.39 Å². The molecule has 0 saturated heterocycles. The molecule has 1 heterocycles. The van der Waals surface area contributed by atoms with Gasteiger partial charge in [-0.05, 0) is 18.2 Å². The fraction of sp³-hybridized carbons (Fsp3) is 0.200. The molecule has 0 radical (unpaired) electrons. The molecule has 1 unspecified atom stereocenters. The predicted octanol–water partition coefficient (Wildman–Crippen LogP) is 4.10. The van der Waals surface area contributed by atoms with Crippen LogP contribution in [0.25, 0.3) is 5.57 Å². The maximum absolute atomic E-state index is 14.0. The van der Waals surface area contributed by atoms with Crippen LogP contribution in [0.1, 0.15) is 22.9 Å². The number of hydrogen-bond donors (Lipinski definition) is 3. The van der Waals surface area contributed by atoms with Crippen LogP contribution >= 0.6 is 11.6 Å². The van der Waals surface area contributed by atoms with Gasteiger partial charge in [-0.3, -0.25) is 9.59 Å². The lowest BCUT2D eigenvalue weighted by molar-refractivity contribution is -0.139. The highest BCUT2D eigenvalue weighted by molar-refractivity contribution is 6.35. The number of nitrogens with zero attached hydrogens (tertiary/aromatic N) is 1. The fourth-order valence-electron chi connectivity index (χ4n) is 3.30. The normalized spacial score (nSPS) is 15.7. The van der Waals surface area contributed by atoms with E-state index in [1.807, 2.05) is 0 Å². The minimum absolute atomic E-state index is 0.0395. The van der Waals surface area contributed by atoms with Gasteiger partial charge in [0.2, 0.25) is 0 Å². The van der Waals surface area contributed by atoms with Gasteiger partial charge in [-0.2, -0.15) is 13.2 Å². The monoisotopic (exact) mass is 457 g/mol. The van der Waals surface area contributed by atoms with Crippen molar-refractivity contribution in [3.63, 3.8) is 0 Å². The lowest BCUT2D eigenvalue weighted by Crippen LogP contribution is -2.36. The SMILES string of the molecule is CN1C=C(C(=O)NCC(=O)O)c2c(Cl)cccc2C1Nc1cccc(F)c1C(F)(F)F. The zero-order valence-corrected chi connectivity index (χ0v) is 16.7. The summed E-state index contributed by atoms with van der Waals surface area (Å²) in [6.07, 6.45) is -4.53. The maximum atomic E-state index is 14.0. The Morgan fingerprint density at radius 3 is 2.52 bits per heavy atom. The maximum Gasteiger partial charge on any atom is 0.421 e. The number of carboxylic acid groups (broad SMARTS) is 1. The van der Waals surface area contributed by atoms with E-state index in [1.54, 1.807) is 12.1 Å². The van der Waals surface area contributed by atoms with Crippen molar-refractivity contribution in [2.24, 2.45) is 0 Å². The van der Waals surface area contributed by atoms with Crippen LogP contribution in [0.4, 0.5) is 23.2 Å². The molecule has 0 aliphatic carbocycles. The van der Waals surface area contributed by atoms with Gasteiger partial charge in [0, 0.05) is 29.4 Å². The van der Waals surface area contributed by atoms with Crippen molar-refractivity contribution in [2.75, 3.05) is 18.9 Å². The lowest BCUT2D eigenvalue weighted by atomic mass is 9.93. The highest BCUT2D eigenvalue weighted by Crippen LogP contribution is 2.42. The van der Waals surface area contributed by atoms with E-state index in [0.29, 0.717) is 11.6 Å². The summed E-state index contributed by atoms with van der Waals surface area (Å²) >= 11 is 6.27. The number of carbonyl (C=O) groups is 2. The Hall–Kier alpha value is -3.27. The van der Waals surface area contributed by atoms with Crippen LogP contribution < -0.4 is 10.6 Å². The highest BCUT2D eigenvalue weighted by Gasteiger charge is 2.38. The number of hydrogen-bond acceptors (Lipinski definition) is 4. The van der Waals surface area contributed by atoms with Crippen molar-refractivity contribution >= 4 is 34.7 Å². The number of halogens is 5. The van der Waals surface area contributed by atoms with Gasteiger partial charge >= 0.3 is 12.1 Å². The smallest absolute Gasteiger partial charge is 0.421 e. The first-order valence-corrected chi connectivity index (χ1v) is 9.23. The van der Waals surface area contributed by atoms with Crippen LogP contribution in [-0.2, 0) is 15.8 Å². The topological polar surface area (TPSA) is 81.7 Å². The number of nitrogens with one attached hydrogen (secondary N) is 2. The molecule has 2 aromatic carbocycles. The van der Waals surface area contributed by atoms with Crippen molar-refractivity contribution < 1.29 is 32.3 Å². The molecule has 1 atom stereocenters. The quantitative estimate of drug-likeness (QED) is 0.589. The van der Waals surface area contributed by atoms with Gasteiger partial charge in [0.15, 0.2) is 0 Å². The molecule has 0 bridgehead atoms. The summed E-state index contributed by atoms with van der Waals surface area (Å²) in [5.74, 6) is -3.39. The second kappa shape index (κ2) is 8.46. The third-order valence-electron chi connectivity index (χ3n) is 4.58. The predicted molar refractivity (Wildman–Crippen MR) is 106 cm³/mol. The number of benzene rings is 2. The minimum atomic E-state index is -4.93. The highest BCUT2D eigenvalue weighted by atomic mass is 35.5. The van der Waals surface area contributed by atoms with E-state index in [0.717, 1.165) is 12.1 Å². The second-order valence-electron chi connectivity index (χ2n) is 6.70. The van der Waals surface area contributed by atoms with E-state index >= 15 is 0 Å². The number of aliphatic carboxylic acids is 1. The van der Waals surface area contributed by atoms with Crippen molar-refractivity contribution in [2.45, 2.75) is 12.3 Å². The molecule has 2 aromatic rings. The summed E-state index contributed by atoms with van der Waals surface area (Å²) in [6, 6.07) is 7.56. The summed E-state index contributed by atoms with van der Waals surface area (Å²) < 4.78 is 54.2. The second-order valence-corrected chi connectivity index (χ2v) is 7.10. The van der Waals surface area contributed by atoms with Gasteiger partial charge in [0.25, 0.3) is 5.91 Å². The molecule has 31 heavy (non-hydrogen) atoms. The Labute approximate surface area is 179 Å². The fourth-order valence-corrected chi connectivity index (χ4v) is 3.58. The van der Waals surface area contributed by atoms with Crippen LogP contribution in [0, 0.1) is 5.82 Å². The summed E-state index contributed by atoms with van der Waals surface area (Å²) in [7, 11) is 1.50. The largest absolute Gasteiger partial charge is 0.480 e. The molecule has 0 aromatic heterocycles. The summed E-state index contributed by atoms with van der Waals surface area (Å²) in [6.45, 7) is -0.625. The Balaban J connectivity index is 2.05. The van der Waals surface area contributed by atoms with Crippen LogP contribution in [0.15, 0.2) is 42.6 Å². The molecule has 6 nitrogen and oxygen atoms in total. The molecule has 1 amide bonds. The molecular weight excluding hydrogens is 442 g/mol. The van der Waals surface area contributed by atoms with Crippen molar-refractivity contribution in [1.82, 2.24) is 10.2 Å². The number of amides is 1. The molecule has 164 valence electrons. The first-order valence-electron chi connectivity index (χ1n) is 8.85. The minimum Gasteiger partial charge on any atom is -0.480 e. The summed E-state index contributed by atoms with van der Waals surface area (Å²) in [5, 5.41) is 13.8. The Kier molecular flexibility index (Phi) is 6.12. The number of carbonyl (C=O) groups excluding carboxylic acids is 1. The number of fused-ring (bicyclic) bond motifs is 1. The molecule has 0 saturated carbocycles. The molecule has 3 rings (SSSR count). The summed E-state index contributed by atoms with van der Waals surface area (Å²) in [5.41, 5.74) is -1.30. The molecule has 0 spiro atoms. The van der Waals surface area contributed by atoms with Gasteiger partial charge < -0.3 is 20.6 Å². The Bertz CT molecular complexity index is 1070. The van der Waals surface area contributed by atoms with E-state index in [4.69, 9.17) is 16.7 Å². The molecule has 1 aliphatic rings. The number of rotatable bonds is 5. The van der Waals surface area contributed by atoms with E-state index in [1.165, 1.54) is 24.2 Å². The molecule has 11 heteroatoms. The molecule has 1 aliphatic heterocycles. The Morgan fingerprint density at radius 1 is 1.19 bits per heavy atom. The van der Waals surface area contributed by atoms with Crippen molar-refractivity contribution in [3.05, 3.63) is 70.1 Å². The first kappa shape index (κ1) is 22.4. The lowest BCUT2D eigenvalue weighted by Gasteiger charge is -2.36. The van der Waals surface area contributed by atoms with E-state index < -0.39 is 47.8 Å². The van der Waals surface area contributed by atoms with Crippen LogP contribution in [0.5, 0.6) is 0 Å². The molecule has 3 N–H and O–H groups in total. The standard InChI is InChI=1S/C20H16ClF4N3O3/c1-28-9-11(19(31)26-8-15(29)30)16-10(4-2-5-12(16)21)18(28)27-14-7-3-6-13(22)17(14)20(23,24)25/h2-7,9,18,27H,8H2,1H3,(H,26,31)(H,29,30). The van der Waals surface area contributed by atoms with Crippen molar-refractivity contribution in [1.29, 1.82) is 0 Å². The van der Waals surface area contributed by atoms with Crippen molar-refractivity contribution in [3.8, 4) is 0 Å². The molecule has 0 fully saturated rings. The first-order chi connectivity index (χ1) is 14.5. The van der Waals surface area contributed by atoms with Crippen LogP contribution in [0.2, 0.25) is 5.02 Å². The van der Waals surface area contributed by atoms with Gasteiger partial charge in [0.1, 0.15) is 24.1 Å². The number of alkyl halides is 3. The zero-order valence-electron chi connectivity index (χ0n) is 15.9. The van der Waals surface area contributed by atoms with Gasteiger partial charge in [-0.1, -0.05) is 29.8 Å². The Morgan fingerprint density at radius 2 is 1.87 bits per heavy atom. The van der Waals surface area contributed by atoms with E-state index in [9.17, 15) is 27.2 Å². The van der Waals surface area contributed by atoms with Crippen LogP contribution in [-0.4, -0.2) is 35.5 Å². The zero-order chi connectivity index (χ0) is 22.9. The van der Waals surface area contributed by atoms with E-state index in [-0.39, 0.29) is 16.2 Å². The van der Waals surface area contributed by atoms with Crippen LogP contribution in [0.3, 0.4) is 0 Å². The summed E-state index contributed by atoms with van der Waals surface area (Å²) in [4.78, 5) is 24.7. The van der Waals surface area contributed by atoms with Gasteiger partial charge in [0.05, 0.1) is 11.3 Å². The third-order valence-corrected chi connectivity index (χ3v) is 4.90.